The number of esters is 1. The number of nitrogens with two attached hydrogens (primary N) is 1. The number of sulfone groups is 1. The van der Waals surface area contributed by atoms with Gasteiger partial charge >= 0.3 is 5.97 Å². The topological polar surface area (TPSA) is 125 Å². The number of carbonyl (C=O) groups is 1. The molecular weight excluding hydrogens is 472 g/mol. The standard InChI is InChI=1S/C21H19ClN4O4S2/c1-3-30-21(27)16(23)12-18(24-17-10-5-4-9-15(17)22)19-25-20(31-26-19)13-7-6-8-14(11-13)32(2,28)29/h4-12H,3,23H2,1-2H3. The lowest BCUT2D eigenvalue weighted by atomic mass is 10.2. The van der Waals surface area contributed by atoms with Gasteiger partial charge in [-0.2, -0.15) is 4.37 Å². The first-order valence-electron chi connectivity index (χ1n) is 9.31. The van der Waals surface area contributed by atoms with Crippen LogP contribution in [0.1, 0.15) is 12.7 Å². The fourth-order valence-corrected chi connectivity index (χ4v) is 4.06. The Morgan fingerprint density at radius 1 is 1.25 bits per heavy atom. The summed E-state index contributed by atoms with van der Waals surface area (Å²) >= 11 is 7.27. The third kappa shape index (κ3) is 5.78. The maximum Gasteiger partial charge on any atom is 0.354 e. The molecule has 0 amide bonds. The molecule has 3 aromatic rings. The van der Waals surface area contributed by atoms with Crippen molar-refractivity contribution in [3.8, 4) is 10.6 Å². The van der Waals surface area contributed by atoms with Crippen molar-refractivity contribution in [1.29, 1.82) is 0 Å². The van der Waals surface area contributed by atoms with E-state index in [4.69, 9.17) is 22.1 Å². The maximum atomic E-state index is 12.0. The summed E-state index contributed by atoms with van der Waals surface area (Å²) in [5, 5.41) is 0.866. The van der Waals surface area contributed by atoms with E-state index in [1.165, 1.54) is 18.2 Å². The molecule has 0 unspecified atom stereocenters. The van der Waals surface area contributed by atoms with Crippen LogP contribution in [0.4, 0.5) is 5.69 Å². The van der Waals surface area contributed by atoms with Crippen molar-refractivity contribution in [2.45, 2.75) is 11.8 Å². The molecule has 3 rings (SSSR count). The lowest BCUT2D eigenvalue weighted by Gasteiger charge is -2.04. The van der Waals surface area contributed by atoms with E-state index in [-0.39, 0.29) is 28.7 Å². The van der Waals surface area contributed by atoms with E-state index in [0.717, 1.165) is 17.8 Å². The molecule has 8 nitrogen and oxygen atoms in total. The van der Waals surface area contributed by atoms with Gasteiger partial charge in [0, 0.05) is 11.8 Å². The monoisotopic (exact) mass is 490 g/mol. The molecule has 0 saturated heterocycles. The van der Waals surface area contributed by atoms with Gasteiger partial charge in [0.25, 0.3) is 0 Å². The van der Waals surface area contributed by atoms with Crippen LogP contribution in [0.2, 0.25) is 5.02 Å². The zero-order valence-electron chi connectivity index (χ0n) is 17.1. The second-order valence-electron chi connectivity index (χ2n) is 6.49. The minimum Gasteiger partial charge on any atom is -0.461 e. The Balaban J connectivity index is 2.07. The zero-order valence-corrected chi connectivity index (χ0v) is 19.5. The summed E-state index contributed by atoms with van der Waals surface area (Å²) in [4.78, 5) is 21.1. The first-order valence-corrected chi connectivity index (χ1v) is 12.4. The third-order valence-electron chi connectivity index (χ3n) is 4.06. The molecule has 0 radical (unpaired) electrons. The van der Waals surface area contributed by atoms with Crippen molar-refractivity contribution >= 4 is 50.3 Å². The molecule has 0 aliphatic carbocycles. The second kappa shape index (κ2) is 10.0. The van der Waals surface area contributed by atoms with Crippen LogP contribution in [0.25, 0.3) is 10.6 Å². The van der Waals surface area contributed by atoms with Crippen LogP contribution < -0.4 is 5.73 Å². The van der Waals surface area contributed by atoms with E-state index in [1.807, 2.05) is 0 Å². The molecule has 32 heavy (non-hydrogen) atoms. The van der Waals surface area contributed by atoms with Crippen LogP contribution in [0, 0.1) is 0 Å². The average molecular weight is 491 g/mol. The van der Waals surface area contributed by atoms with Crippen molar-refractivity contribution < 1.29 is 17.9 Å². The number of benzene rings is 2. The Morgan fingerprint density at radius 2 is 2.00 bits per heavy atom. The quantitative estimate of drug-likeness (QED) is 0.303. The highest BCUT2D eigenvalue weighted by atomic mass is 35.5. The highest BCUT2D eigenvalue weighted by molar-refractivity contribution is 7.90. The largest absolute Gasteiger partial charge is 0.461 e. The predicted octanol–water partition coefficient (Wildman–Crippen LogP) is 3.79. The molecule has 1 aromatic heterocycles. The van der Waals surface area contributed by atoms with Crippen LogP contribution in [-0.2, 0) is 19.4 Å². The number of nitrogens with zero attached hydrogens (tertiary/aromatic N) is 3. The van der Waals surface area contributed by atoms with Gasteiger partial charge in [-0.1, -0.05) is 35.9 Å². The first kappa shape index (κ1) is 23.6. The van der Waals surface area contributed by atoms with Crippen LogP contribution in [-0.4, -0.2) is 42.3 Å². The van der Waals surface area contributed by atoms with E-state index < -0.39 is 15.8 Å². The lowest BCUT2D eigenvalue weighted by Crippen LogP contribution is -2.17. The van der Waals surface area contributed by atoms with E-state index in [0.29, 0.717) is 21.3 Å². The summed E-state index contributed by atoms with van der Waals surface area (Å²) in [6.45, 7) is 1.84. The molecule has 0 aliphatic heterocycles. The van der Waals surface area contributed by atoms with Crippen molar-refractivity contribution in [3.63, 3.8) is 0 Å². The van der Waals surface area contributed by atoms with Gasteiger partial charge in [0.1, 0.15) is 16.4 Å². The summed E-state index contributed by atoms with van der Waals surface area (Å²) in [6.07, 6.45) is 2.45. The molecule has 0 spiro atoms. The van der Waals surface area contributed by atoms with Gasteiger partial charge in [0.2, 0.25) is 0 Å². The Morgan fingerprint density at radius 3 is 2.69 bits per heavy atom. The van der Waals surface area contributed by atoms with Gasteiger partial charge in [0.05, 0.1) is 22.2 Å². The van der Waals surface area contributed by atoms with Crippen LogP contribution in [0.15, 0.2) is 70.2 Å². The lowest BCUT2D eigenvalue weighted by molar-refractivity contribution is -0.138. The fraction of sp³-hybridized carbons (Fsp3) is 0.143. The Hall–Kier alpha value is -3.08. The number of rotatable bonds is 7. The minimum atomic E-state index is -3.38. The molecular formula is C21H19ClN4O4S2. The number of hydrogen-bond acceptors (Lipinski definition) is 9. The number of aromatic nitrogens is 2. The second-order valence-corrected chi connectivity index (χ2v) is 9.67. The van der Waals surface area contributed by atoms with Crippen molar-refractivity contribution in [1.82, 2.24) is 9.36 Å². The summed E-state index contributed by atoms with van der Waals surface area (Å²) in [5.74, 6) is -0.502. The molecule has 11 heteroatoms. The van der Waals surface area contributed by atoms with Gasteiger partial charge in [-0.05, 0) is 48.8 Å². The molecule has 0 saturated carbocycles. The molecule has 2 aromatic carbocycles. The molecule has 166 valence electrons. The molecule has 0 fully saturated rings. The number of para-hydroxylation sites is 1. The summed E-state index contributed by atoms with van der Waals surface area (Å²) in [5.41, 5.74) is 6.92. The Kier molecular flexibility index (Phi) is 7.39. The number of aliphatic imine (C=N–C) groups is 1. The van der Waals surface area contributed by atoms with Gasteiger partial charge < -0.3 is 10.5 Å². The number of hydrogen-bond donors (Lipinski definition) is 1. The van der Waals surface area contributed by atoms with Crippen molar-refractivity contribution in [2.75, 3.05) is 12.9 Å². The molecule has 1 heterocycles. The highest BCUT2D eigenvalue weighted by Gasteiger charge is 2.16. The van der Waals surface area contributed by atoms with E-state index in [1.54, 1.807) is 43.3 Å². The molecule has 0 aliphatic rings. The number of halogens is 1. The normalized spacial score (nSPS) is 12.6. The van der Waals surface area contributed by atoms with Crippen LogP contribution in [0.5, 0.6) is 0 Å². The number of carbonyl (C=O) groups excluding carboxylic acids is 1. The van der Waals surface area contributed by atoms with E-state index >= 15 is 0 Å². The zero-order chi connectivity index (χ0) is 23.3. The fourth-order valence-electron chi connectivity index (χ4n) is 2.54. The Labute approximate surface area is 194 Å². The van der Waals surface area contributed by atoms with Gasteiger partial charge in [-0.25, -0.2) is 23.2 Å². The predicted molar refractivity (Wildman–Crippen MR) is 125 cm³/mol. The van der Waals surface area contributed by atoms with E-state index in [9.17, 15) is 13.2 Å². The minimum absolute atomic E-state index is 0.167. The highest BCUT2D eigenvalue weighted by Crippen LogP contribution is 2.27. The molecule has 2 N–H and O–H groups in total. The summed E-state index contributed by atoms with van der Waals surface area (Å²) in [6, 6.07) is 13.3. The number of allylic oxidation sites excluding steroid dienone is 1. The average Bonchev–Trinajstić information content (AvgIpc) is 3.24. The van der Waals surface area contributed by atoms with E-state index in [2.05, 4.69) is 14.3 Å². The smallest absolute Gasteiger partial charge is 0.354 e. The molecule has 0 atom stereocenters. The molecule has 0 bridgehead atoms. The van der Waals surface area contributed by atoms with Gasteiger partial charge in [0.15, 0.2) is 15.7 Å². The van der Waals surface area contributed by atoms with Gasteiger partial charge in [-0.3, -0.25) is 0 Å². The summed E-state index contributed by atoms with van der Waals surface area (Å²) < 4.78 is 33.0. The van der Waals surface area contributed by atoms with Gasteiger partial charge in [-0.15, -0.1) is 0 Å². The number of ether oxygens (including phenoxy) is 1. The van der Waals surface area contributed by atoms with Crippen LogP contribution in [0.3, 0.4) is 0 Å². The summed E-state index contributed by atoms with van der Waals surface area (Å²) in [7, 11) is -3.38. The van der Waals surface area contributed by atoms with Crippen LogP contribution >= 0.6 is 23.1 Å². The van der Waals surface area contributed by atoms with Crippen molar-refractivity contribution in [2.24, 2.45) is 10.7 Å². The Bertz CT molecular complexity index is 1320. The SMILES string of the molecule is CCOC(=O)C(N)=CC(=Nc1ccccc1Cl)c1nsc(-c2cccc(S(C)(=O)=O)c2)n1. The maximum absolute atomic E-state index is 12.0. The van der Waals surface area contributed by atoms with Crippen molar-refractivity contribution in [3.05, 3.63) is 71.2 Å². The first-order chi connectivity index (χ1) is 15.2. The third-order valence-corrected chi connectivity index (χ3v) is 6.25.